The number of hydrogen-bond acceptors (Lipinski definition) is 8. The topological polar surface area (TPSA) is 108 Å². The molecule has 0 radical (unpaired) electrons. The van der Waals surface area contributed by atoms with Gasteiger partial charge in [0.05, 0.1) is 23.3 Å². The van der Waals surface area contributed by atoms with Crippen molar-refractivity contribution in [3.63, 3.8) is 0 Å². The van der Waals surface area contributed by atoms with Crippen LogP contribution in [0.2, 0.25) is 0 Å². The lowest BCUT2D eigenvalue weighted by Gasteiger charge is -2.22. The van der Waals surface area contributed by atoms with E-state index in [0.29, 0.717) is 12.1 Å². The second kappa shape index (κ2) is 12.2. The molecule has 0 spiro atoms. The Hall–Kier alpha value is -4.10. The zero-order valence-corrected chi connectivity index (χ0v) is 23.7. The fourth-order valence-corrected chi connectivity index (χ4v) is 5.20. The molecule has 0 aliphatic carbocycles. The number of alkyl carbamates (subject to hydrolysis) is 1. The maximum Gasteiger partial charge on any atom is 0.407 e. The molecule has 0 aromatic carbocycles. The van der Waals surface area contributed by atoms with Crippen LogP contribution in [0.15, 0.2) is 71.1 Å². The van der Waals surface area contributed by atoms with Crippen molar-refractivity contribution >= 4 is 29.2 Å². The molecular formula is C29H33N7O2S. The molecule has 1 atom stereocenters. The van der Waals surface area contributed by atoms with Crippen molar-refractivity contribution in [3.8, 4) is 17.2 Å². The van der Waals surface area contributed by atoms with E-state index in [1.165, 1.54) is 11.8 Å². The van der Waals surface area contributed by atoms with Crippen LogP contribution in [0, 0.1) is 11.3 Å². The van der Waals surface area contributed by atoms with Gasteiger partial charge in [-0.3, -0.25) is 0 Å². The molecule has 39 heavy (non-hydrogen) atoms. The molecule has 0 bridgehead atoms. The number of carbonyl (C=O) groups excluding carboxylic acids is 1. The molecule has 0 saturated carbocycles. The number of ether oxygens (including phenoxy) is 1. The lowest BCUT2D eigenvalue weighted by Crippen LogP contribution is -2.40. The Kier molecular flexibility index (Phi) is 8.72. The van der Waals surface area contributed by atoms with E-state index in [-0.39, 0.29) is 6.04 Å². The fraction of sp³-hybridized carbons (Fsp3) is 0.345. The van der Waals surface area contributed by atoms with Crippen LogP contribution in [0.1, 0.15) is 46.6 Å². The zero-order valence-electron chi connectivity index (χ0n) is 22.9. The van der Waals surface area contributed by atoms with Crippen molar-refractivity contribution < 1.29 is 9.53 Å². The van der Waals surface area contributed by atoms with Gasteiger partial charge >= 0.3 is 6.09 Å². The van der Waals surface area contributed by atoms with E-state index in [9.17, 15) is 10.1 Å². The standard InChI is InChI=1S/C27H27N7O2S.C2H6/c1-27(2,3)36-26(35)32-21-9-11-33(17-21)23-8-7-18(14-30-23)19-12-22(37-24-6-4-5-10-29-24)25-20(13-28)15-31-34(25)16-19;1-2/h4-8,10,12,14-16,21H,9,11,17H2,1-3H3,(H,32,35);1-2H3. The third-order valence-corrected chi connectivity index (χ3v) is 6.85. The summed E-state index contributed by atoms with van der Waals surface area (Å²) in [7, 11) is 0. The highest BCUT2D eigenvalue weighted by atomic mass is 32.2. The third-order valence-electron chi connectivity index (χ3n) is 5.86. The number of nitrogens with one attached hydrogen (secondary N) is 1. The van der Waals surface area contributed by atoms with Crippen LogP contribution in [-0.2, 0) is 4.74 Å². The number of aromatic nitrogens is 4. The lowest BCUT2D eigenvalue weighted by atomic mass is 10.1. The van der Waals surface area contributed by atoms with Crippen LogP contribution in [0.25, 0.3) is 16.6 Å². The summed E-state index contributed by atoms with van der Waals surface area (Å²) < 4.78 is 7.11. The van der Waals surface area contributed by atoms with Gasteiger partial charge in [0, 0.05) is 47.7 Å². The molecule has 1 fully saturated rings. The van der Waals surface area contributed by atoms with Gasteiger partial charge in [-0.15, -0.1) is 0 Å². The summed E-state index contributed by atoms with van der Waals surface area (Å²) in [6.45, 7) is 11.0. The van der Waals surface area contributed by atoms with Crippen LogP contribution >= 0.6 is 11.8 Å². The van der Waals surface area contributed by atoms with Gasteiger partial charge in [0.15, 0.2) is 0 Å². The molecule has 9 nitrogen and oxygen atoms in total. The number of amides is 1. The number of nitriles is 1. The highest BCUT2D eigenvalue weighted by Gasteiger charge is 2.27. The molecule has 4 aromatic heterocycles. The van der Waals surface area contributed by atoms with Gasteiger partial charge < -0.3 is 15.0 Å². The Morgan fingerprint density at radius 2 is 1.97 bits per heavy atom. The minimum Gasteiger partial charge on any atom is -0.444 e. The van der Waals surface area contributed by atoms with Gasteiger partial charge in [-0.05, 0) is 57.5 Å². The second-order valence-corrected chi connectivity index (χ2v) is 10.9. The number of nitrogens with zero attached hydrogens (tertiary/aromatic N) is 6. The number of rotatable bonds is 5. The van der Waals surface area contributed by atoms with Crippen LogP contribution in [-0.4, -0.2) is 50.4 Å². The second-order valence-electron chi connectivity index (χ2n) is 9.81. The Bertz CT molecular complexity index is 1460. The quantitative estimate of drug-likeness (QED) is 0.329. The first-order valence-electron chi connectivity index (χ1n) is 13.0. The van der Waals surface area contributed by atoms with Crippen molar-refractivity contribution in [2.24, 2.45) is 0 Å². The molecule has 5 rings (SSSR count). The number of fused-ring (bicyclic) bond motifs is 1. The Morgan fingerprint density at radius 3 is 2.64 bits per heavy atom. The summed E-state index contributed by atoms with van der Waals surface area (Å²) >= 11 is 1.50. The zero-order chi connectivity index (χ0) is 28.0. The molecule has 1 aliphatic rings. The van der Waals surface area contributed by atoms with E-state index in [0.717, 1.165) is 45.3 Å². The molecule has 4 aromatic rings. The molecule has 5 heterocycles. The SMILES string of the molecule is CC.CC(C)(C)OC(=O)NC1CCN(c2ccc(-c3cc(Sc4ccccn4)c4c(C#N)cnn4c3)cn2)C1. The first-order chi connectivity index (χ1) is 18.8. The Morgan fingerprint density at radius 1 is 1.15 bits per heavy atom. The van der Waals surface area contributed by atoms with Crippen LogP contribution in [0.3, 0.4) is 0 Å². The number of anilines is 1. The van der Waals surface area contributed by atoms with Gasteiger partial charge in [0.25, 0.3) is 0 Å². The minimum atomic E-state index is -0.523. The third kappa shape index (κ3) is 6.86. The number of pyridine rings is 3. The van der Waals surface area contributed by atoms with E-state index < -0.39 is 11.7 Å². The molecule has 1 aliphatic heterocycles. The maximum absolute atomic E-state index is 12.1. The Balaban J connectivity index is 0.00000172. The number of hydrogen-bond donors (Lipinski definition) is 1. The summed E-state index contributed by atoms with van der Waals surface area (Å²) in [6, 6.07) is 14.1. The highest BCUT2D eigenvalue weighted by molar-refractivity contribution is 7.99. The van der Waals surface area contributed by atoms with Crippen molar-refractivity contribution in [2.45, 2.75) is 62.6 Å². The average Bonchev–Trinajstić information content (AvgIpc) is 3.56. The van der Waals surface area contributed by atoms with Gasteiger partial charge in [-0.25, -0.2) is 19.3 Å². The first kappa shape index (κ1) is 27.9. The normalized spacial score (nSPS) is 14.9. The monoisotopic (exact) mass is 543 g/mol. The molecule has 10 heteroatoms. The molecular weight excluding hydrogens is 510 g/mol. The average molecular weight is 544 g/mol. The predicted octanol–water partition coefficient (Wildman–Crippen LogP) is 5.94. The van der Waals surface area contributed by atoms with E-state index in [4.69, 9.17) is 9.72 Å². The summed E-state index contributed by atoms with van der Waals surface area (Å²) in [5.41, 5.74) is 2.62. The minimum absolute atomic E-state index is 0.0130. The van der Waals surface area contributed by atoms with Crippen molar-refractivity contribution in [3.05, 3.63) is 66.7 Å². The van der Waals surface area contributed by atoms with E-state index in [1.54, 1.807) is 16.9 Å². The summed E-state index contributed by atoms with van der Waals surface area (Å²) in [5, 5.41) is 17.8. The van der Waals surface area contributed by atoms with Crippen molar-refractivity contribution in [1.29, 1.82) is 5.26 Å². The van der Waals surface area contributed by atoms with E-state index >= 15 is 0 Å². The van der Waals surface area contributed by atoms with Gasteiger partial charge in [0.1, 0.15) is 22.5 Å². The summed E-state index contributed by atoms with van der Waals surface area (Å²) in [5.74, 6) is 0.854. The fourth-order valence-electron chi connectivity index (χ4n) is 4.23. The molecule has 1 saturated heterocycles. The number of carbonyl (C=O) groups is 1. The molecule has 1 amide bonds. The van der Waals surface area contributed by atoms with E-state index in [1.807, 2.05) is 83.4 Å². The Labute approximate surface area is 233 Å². The lowest BCUT2D eigenvalue weighted by molar-refractivity contribution is 0.0509. The van der Waals surface area contributed by atoms with Crippen molar-refractivity contribution in [2.75, 3.05) is 18.0 Å². The van der Waals surface area contributed by atoms with Crippen LogP contribution in [0.4, 0.5) is 10.6 Å². The van der Waals surface area contributed by atoms with Gasteiger partial charge in [-0.2, -0.15) is 10.4 Å². The smallest absolute Gasteiger partial charge is 0.407 e. The maximum atomic E-state index is 12.1. The van der Waals surface area contributed by atoms with Crippen LogP contribution < -0.4 is 10.2 Å². The molecule has 1 N–H and O–H groups in total. The molecule has 1 unspecified atom stereocenters. The highest BCUT2D eigenvalue weighted by Crippen LogP contribution is 2.35. The summed E-state index contributed by atoms with van der Waals surface area (Å²) in [4.78, 5) is 24.3. The largest absolute Gasteiger partial charge is 0.444 e. The van der Waals surface area contributed by atoms with Gasteiger partial charge in [-0.1, -0.05) is 31.7 Å². The van der Waals surface area contributed by atoms with Crippen LogP contribution in [0.5, 0.6) is 0 Å². The predicted molar refractivity (Wildman–Crippen MR) is 153 cm³/mol. The van der Waals surface area contributed by atoms with E-state index in [2.05, 4.69) is 26.4 Å². The van der Waals surface area contributed by atoms with Crippen molar-refractivity contribution in [1.82, 2.24) is 24.9 Å². The summed E-state index contributed by atoms with van der Waals surface area (Å²) in [6.07, 6.45) is 7.52. The first-order valence-corrected chi connectivity index (χ1v) is 13.8. The molecule has 202 valence electrons. The van der Waals surface area contributed by atoms with Gasteiger partial charge in [0.2, 0.25) is 0 Å².